The number of alkyl halides is 2. The van der Waals surface area contributed by atoms with Gasteiger partial charge in [0.2, 0.25) is 0 Å². The lowest BCUT2D eigenvalue weighted by molar-refractivity contribution is -0.287. The van der Waals surface area contributed by atoms with Crippen LogP contribution in [0.2, 0.25) is 0 Å². The van der Waals surface area contributed by atoms with Gasteiger partial charge in [0.1, 0.15) is 12.2 Å². The first-order valence-corrected chi connectivity index (χ1v) is 11.8. The number of para-hydroxylation sites is 1. The molecule has 1 atom stereocenters. The van der Waals surface area contributed by atoms with E-state index in [2.05, 4.69) is 14.8 Å². The molecule has 0 radical (unpaired) electrons. The molecular formula is C28H25F2NO6. The van der Waals surface area contributed by atoms with E-state index in [-0.39, 0.29) is 29.6 Å². The second-order valence-electron chi connectivity index (χ2n) is 9.78. The Labute approximate surface area is 212 Å². The lowest BCUT2D eigenvalue weighted by atomic mass is 9.98. The van der Waals surface area contributed by atoms with E-state index >= 15 is 0 Å². The third kappa shape index (κ3) is 4.94. The molecule has 37 heavy (non-hydrogen) atoms. The summed E-state index contributed by atoms with van der Waals surface area (Å²) in [5.41, 5.74) is 3.23. The van der Waals surface area contributed by atoms with Gasteiger partial charge in [-0.15, -0.1) is 8.78 Å². The molecule has 1 amide bonds. The molecule has 0 bridgehead atoms. The van der Waals surface area contributed by atoms with Crippen molar-refractivity contribution in [1.29, 1.82) is 0 Å². The molecular weight excluding hydrogens is 484 g/mol. The number of halogens is 2. The van der Waals surface area contributed by atoms with Crippen LogP contribution in [-0.2, 0) is 14.3 Å². The molecule has 192 valence electrons. The Morgan fingerprint density at radius 3 is 2.19 bits per heavy atom. The first-order chi connectivity index (χ1) is 17.5. The first-order valence-electron chi connectivity index (χ1n) is 11.8. The number of fused-ring (bicyclic) bond motifs is 4. The Kier molecular flexibility index (Phi) is 6.01. The Bertz CT molecular complexity index is 1320. The molecule has 0 spiro atoms. The number of esters is 1. The van der Waals surface area contributed by atoms with E-state index in [0.29, 0.717) is 0 Å². The average molecular weight is 510 g/mol. The molecule has 0 saturated carbocycles. The molecule has 0 aromatic heterocycles. The predicted molar refractivity (Wildman–Crippen MR) is 129 cm³/mol. The topological polar surface area (TPSA) is 83.1 Å². The zero-order valence-corrected chi connectivity index (χ0v) is 20.4. The van der Waals surface area contributed by atoms with Gasteiger partial charge in [0.05, 0.1) is 0 Å². The van der Waals surface area contributed by atoms with Gasteiger partial charge in [0, 0.05) is 11.5 Å². The fourth-order valence-electron chi connectivity index (χ4n) is 4.60. The highest BCUT2D eigenvalue weighted by atomic mass is 19.3. The number of hydrogen-bond acceptors (Lipinski definition) is 6. The zero-order chi connectivity index (χ0) is 26.4. The molecule has 9 heteroatoms. The molecule has 0 saturated heterocycles. The highest BCUT2D eigenvalue weighted by molar-refractivity contribution is 5.84. The van der Waals surface area contributed by atoms with Gasteiger partial charge in [0.25, 0.3) is 0 Å². The highest BCUT2D eigenvalue weighted by Gasteiger charge is 2.46. The Balaban J connectivity index is 1.38. The molecule has 1 aliphatic heterocycles. The van der Waals surface area contributed by atoms with Crippen LogP contribution < -0.4 is 14.8 Å². The molecule has 7 nitrogen and oxygen atoms in total. The third-order valence-corrected chi connectivity index (χ3v) is 6.02. The minimum atomic E-state index is -3.90. The summed E-state index contributed by atoms with van der Waals surface area (Å²) in [5, 5.41) is 2.47. The summed E-state index contributed by atoms with van der Waals surface area (Å²) in [6, 6.07) is 18.3. The second-order valence-corrected chi connectivity index (χ2v) is 9.78. The molecule has 3 aromatic rings. The largest absolute Gasteiger partial charge is 0.586 e. The lowest BCUT2D eigenvalue weighted by Crippen LogP contribution is -2.39. The van der Waals surface area contributed by atoms with E-state index in [1.54, 1.807) is 20.8 Å². The first kappa shape index (κ1) is 24.5. The van der Waals surface area contributed by atoms with Crippen LogP contribution in [0.4, 0.5) is 13.6 Å². The number of amides is 1. The minimum Gasteiger partial charge on any atom is -0.458 e. The monoisotopic (exact) mass is 509 g/mol. The van der Waals surface area contributed by atoms with Crippen molar-refractivity contribution in [2.24, 2.45) is 0 Å². The number of rotatable bonds is 5. The van der Waals surface area contributed by atoms with Gasteiger partial charge in [-0.1, -0.05) is 60.7 Å². The molecule has 1 heterocycles. The van der Waals surface area contributed by atoms with Crippen molar-refractivity contribution in [3.8, 4) is 22.6 Å². The van der Waals surface area contributed by atoms with E-state index in [0.717, 1.165) is 22.3 Å². The summed E-state index contributed by atoms with van der Waals surface area (Å²) in [6.07, 6.45) is -4.82. The minimum absolute atomic E-state index is 0.00543. The fourth-order valence-corrected chi connectivity index (χ4v) is 4.60. The highest BCUT2D eigenvalue weighted by Crippen LogP contribution is 2.46. The predicted octanol–water partition coefficient (Wildman–Crippen LogP) is 5.93. The number of ether oxygens (including phenoxy) is 4. The van der Waals surface area contributed by atoms with Gasteiger partial charge in [-0.05, 0) is 49.1 Å². The summed E-state index contributed by atoms with van der Waals surface area (Å²) in [6.45, 7) is 4.96. The second kappa shape index (κ2) is 9.06. The summed E-state index contributed by atoms with van der Waals surface area (Å²) in [7, 11) is 0. The SMILES string of the molecule is CC(C)(C)OC(=O)C(NC(=O)OCC1c2ccccc2-c2ccccc21)c1cccc2c1OC(F)(F)O2. The van der Waals surface area contributed by atoms with Gasteiger partial charge >= 0.3 is 18.4 Å². The number of nitrogens with one attached hydrogen (secondary N) is 1. The maximum atomic E-state index is 13.8. The van der Waals surface area contributed by atoms with E-state index in [1.165, 1.54) is 18.2 Å². The normalized spacial score (nSPS) is 15.9. The van der Waals surface area contributed by atoms with Crippen molar-refractivity contribution in [2.45, 2.75) is 44.6 Å². The van der Waals surface area contributed by atoms with E-state index in [9.17, 15) is 18.4 Å². The molecule has 1 unspecified atom stereocenters. The fraction of sp³-hybridized carbons (Fsp3) is 0.286. The number of alkyl carbamates (subject to hydrolysis) is 1. The Morgan fingerprint density at radius 2 is 1.57 bits per heavy atom. The molecule has 3 aromatic carbocycles. The van der Waals surface area contributed by atoms with Crippen molar-refractivity contribution < 1.29 is 37.3 Å². The van der Waals surface area contributed by atoms with Crippen molar-refractivity contribution in [2.75, 3.05) is 6.61 Å². The van der Waals surface area contributed by atoms with Gasteiger partial charge in [-0.25, -0.2) is 9.59 Å². The standard InChI is InChI=1S/C28H25F2NO6/c1-27(2,3)37-25(32)23(20-13-8-14-22-24(20)36-28(29,30)35-22)31-26(33)34-15-21-18-11-6-4-9-16(18)17-10-5-7-12-19(17)21/h4-14,21,23H,15H2,1-3H3,(H,31,33). The van der Waals surface area contributed by atoms with E-state index in [1.807, 2.05) is 48.5 Å². The number of carbonyl (C=O) groups excluding carboxylic acids is 2. The molecule has 2 aliphatic rings. The maximum Gasteiger partial charge on any atom is 0.586 e. The van der Waals surface area contributed by atoms with Crippen molar-refractivity contribution >= 4 is 12.1 Å². The van der Waals surface area contributed by atoms with Gasteiger partial charge in [0.15, 0.2) is 17.5 Å². The molecule has 0 fully saturated rings. The van der Waals surface area contributed by atoms with Crippen LogP contribution in [0.3, 0.4) is 0 Å². The van der Waals surface area contributed by atoms with Crippen LogP contribution in [0.1, 0.15) is 49.4 Å². The van der Waals surface area contributed by atoms with Crippen molar-refractivity contribution in [1.82, 2.24) is 5.32 Å². The van der Waals surface area contributed by atoms with Crippen molar-refractivity contribution in [3.05, 3.63) is 83.4 Å². The molecule has 1 N–H and O–H groups in total. The Hall–Kier alpha value is -4.14. The number of carbonyl (C=O) groups is 2. The van der Waals surface area contributed by atoms with Crippen molar-refractivity contribution in [3.63, 3.8) is 0 Å². The van der Waals surface area contributed by atoms with E-state index < -0.39 is 30.0 Å². The smallest absolute Gasteiger partial charge is 0.458 e. The zero-order valence-electron chi connectivity index (χ0n) is 20.4. The van der Waals surface area contributed by atoms with Crippen LogP contribution in [-0.4, -0.2) is 30.6 Å². The summed E-state index contributed by atoms with van der Waals surface area (Å²) in [5.74, 6) is -1.68. The van der Waals surface area contributed by atoms with Crippen LogP contribution in [0, 0.1) is 0 Å². The Morgan fingerprint density at radius 1 is 0.946 bits per heavy atom. The average Bonchev–Trinajstić information content (AvgIpc) is 3.33. The summed E-state index contributed by atoms with van der Waals surface area (Å²) >= 11 is 0. The molecule has 5 rings (SSSR count). The van der Waals surface area contributed by atoms with Gasteiger partial charge < -0.3 is 24.3 Å². The van der Waals surface area contributed by atoms with Crippen LogP contribution in [0.25, 0.3) is 11.1 Å². The summed E-state index contributed by atoms with van der Waals surface area (Å²) in [4.78, 5) is 26.0. The van der Waals surface area contributed by atoms with E-state index in [4.69, 9.17) is 9.47 Å². The number of benzene rings is 3. The molecule has 1 aliphatic carbocycles. The number of hydrogen-bond donors (Lipinski definition) is 1. The van der Waals surface area contributed by atoms with Gasteiger partial charge in [-0.3, -0.25) is 0 Å². The maximum absolute atomic E-state index is 13.8. The quantitative estimate of drug-likeness (QED) is 0.430. The van der Waals surface area contributed by atoms with Crippen LogP contribution in [0.5, 0.6) is 11.5 Å². The third-order valence-electron chi connectivity index (χ3n) is 6.02. The van der Waals surface area contributed by atoms with Crippen LogP contribution >= 0.6 is 0 Å². The lowest BCUT2D eigenvalue weighted by Gasteiger charge is -2.25. The van der Waals surface area contributed by atoms with Gasteiger partial charge in [-0.2, -0.15) is 0 Å². The van der Waals surface area contributed by atoms with Crippen LogP contribution in [0.15, 0.2) is 66.7 Å². The summed E-state index contributed by atoms with van der Waals surface area (Å²) < 4.78 is 47.7.